The van der Waals surface area contributed by atoms with Gasteiger partial charge in [-0.1, -0.05) is 24.3 Å². The van der Waals surface area contributed by atoms with Crippen LogP contribution < -0.4 is 0 Å². The standard InChI is InChI=1S/C20H26O6S2/c1-25-13-3-15-27(21,22)19-9-5-17(6-10-19)18-7-11-20(12-8-18)28(23,24)16-4-14-26-2/h5-12H,3-4,13-16H2,1-2H3. The van der Waals surface area contributed by atoms with E-state index in [9.17, 15) is 16.8 Å². The Kier molecular flexibility index (Phi) is 8.18. The predicted octanol–water partition coefficient (Wildman–Crippen LogP) is 2.97. The van der Waals surface area contributed by atoms with Crippen molar-refractivity contribution in [2.75, 3.05) is 38.9 Å². The topological polar surface area (TPSA) is 86.7 Å². The van der Waals surface area contributed by atoms with Crippen LogP contribution in [0.1, 0.15) is 12.8 Å². The van der Waals surface area contributed by atoms with Gasteiger partial charge in [0, 0.05) is 27.4 Å². The smallest absolute Gasteiger partial charge is 0.178 e. The van der Waals surface area contributed by atoms with Crippen molar-refractivity contribution in [2.24, 2.45) is 0 Å². The Balaban J connectivity index is 2.12. The molecule has 0 aliphatic carbocycles. The van der Waals surface area contributed by atoms with Gasteiger partial charge in [-0.25, -0.2) is 16.8 Å². The van der Waals surface area contributed by atoms with Crippen LogP contribution in [0.4, 0.5) is 0 Å². The molecule has 0 bridgehead atoms. The van der Waals surface area contributed by atoms with E-state index in [0.717, 1.165) is 11.1 Å². The van der Waals surface area contributed by atoms with Gasteiger partial charge in [-0.15, -0.1) is 0 Å². The minimum Gasteiger partial charge on any atom is -0.385 e. The van der Waals surface area contributed by atoms with Crippen LogP contribution in [-0.4, -0.2) is 55.8 Å². The van der Waals surface area contributed by atoms with Gasteiger partial charge in [-0.05, 0) is 48.2 Å². The number of hydrogen-bond acceptors (Lipinski definition) is 6. The van der Waals surface area contributed by atoms with Crippen molar-refractivity contribution in [3.05, 3.63) is 48.5 Å². The first-order valence-corrected chi connectivity index (χ1v) is 12.2. The highest BCUT2D eigenvalue weighted by molar-refractivity contribution is 7.91. The maximum Gasteiger partial charge on any atom is 0.178 e. The lowest BCUT2D eigenvalue weighted by molar-refractivity contribution is 0.199. The summed E-state index contributed by atoms with van der Waals surface area (Å²) in [5.41, 5.74) is 1.64. The third-order valence-electron chi connectivity index (χ3n) is 4.28. The zero-order chi connectivity index (χ0) is 20.6. The van der Waals surface area contributed by atoms with Crippen molar-refractivity contribution >= 4 is 19.7 Å². The normalized spacial score (nSPS) is 12.2. The van der Waals surface area contributed by atoms with Gasteiger partial charge in [0.2, 0.25) is 0 Å². The first-order chi connectivity index (χ1) is 13.3. The van der Waals surface area contributed by atoms with E-state index in [0.29, 0.717) is 26.1 Å². The fourth-order valence-electron chi connectivity index (χ4n) is 2.73. The van der Waals surface area contributed by atoms with Crippen molar-refractivity contribution in [1.29, 1.82) is 0 Å². The average molecular weight is 427 g/mol. The molecule has 0 unspecified atom stereocenters. The van der Waals surface area contributed by atoms with Crippen LogP contribution in [0.15, 0.2) is 58.3 Å². The summed E-state index contributed by atoms with van der Waals surface area (Å²) in [7, 11) is -3.60. The molecule has 0 heterocycles. The lowest BCUT2D eigenvalue weighted by Crippen LogP contribution is -2.09. The summed E-state index contributed by atoms with van der Waals surface area (Å²) in [5, 5.41) is 0. The molecule has 0 aliphatic rings. The molecule has 0 atom stereocenters. The van der Waals surface area contributed by atoms with Gasteiger partial charge < -0.3 is 9.47 Å². The van der Waals surface area contributed by atoms with E-state index in [1.807, 2.05) is 0 Å². The summed E-state index contributed by atoms with van der Waals surface area (Å²) < 4.78 is 58.9. The predicted molar refractivity (Wildman–Crippen MR) is 109 cm³/mol. The van der Waals surface area contributed by atoms with E-state index in [-0.39, 0.29) is 21.3 Å². The molecule has 0 spiro atoms. The Morgan fingerprint density at radius 3 is 1.21 bits per heavy atom. The number of hydrogen-bond donors (Lipinski definition) is 0. The highest BCUT2D eigenvalue weighted by Crippen LogP contribution is 2.24. The maximum absolute atomic E-state index is 12.3. The molecule has 6 nitrogen and oxygen atoms in total. The summed E-state index contributed by atoms with van der Waals surface area (Å²) in [4.78, 5) is 0.536. The SMILES string of the molecule is COCCCS(=O)(=O)c1ccc(-c2ccc(S(=O)(=O)CCCOC)cc2)cc1. The van der Waals surface area contributed by atoms with E-state index in [4.69, 9.17) is 9.47 Å². The molecule has 0 N–H and O–H groups in total. The molecule has 0 aromatic heterocycles. The summed E-state index contributed by atoms with van der Waals surface area (Å²) >= 11 is 0. The van der Waals surface area contributed by atoms with Crippen molar-refractivity contribution in [1.82, 2.24) is 0 Å². The highest BCUT2D eigenvalue weighted by Gasteiger charge is 2.15. The minimum atomic E-state index is -3.34. The van der Waals surface area contributed by atoms with E-state index in [1.54, 1.807) is 48.5 Å². The van der Waals surface area contributed by atoms with E-state index in [1.165, 1.54) is 14.2 Å². The first kappa shape index (κ1) is 22.5. The molecule has 8 heteroatoms. The maximum atomic E-state index is 12.3. The lowest BCUT2D eigenvalue weighted by Gasteiger charge is -2.08. The van der Waals surface area contributed by atoms with Gasteiger partial charge in [0.05, 0.1) is 21.3 Å². The molecule has 0 amide bonds. The van der Waals surface area contributed by atoms with Crippen molar-refractivity contribution in [2.45, 2.75) is 22.6 Å². The Morgan fingerprint density at radius 2 is 0.929 bits per heavy atom. The Hall–Kier alpha value is -1.74. The molecule has 0 saturated carbocycles. The molecular formula is C20H26O6S2. The van der Waals surface area contributed by atoms with Gasteiger partial charge in [0.15, 0.2) is 19.7 Å². The summed E-state index contributed by atoms with van der Waals surface area (Å²) in [5.74, 6) is 0.0750. The number of methoxy groups -OCH3 is 2. The Bertz CT molecular complexity index is 865. The molecule has 0 fully saturated rings. The summed E-state index contributed by atoms with van der Waals surface area (Å²) in [6.45, 7) is 0.802. The van der Waals surface area contributed by atoms with Gasteiger partial charge in [0.1, 0.15) is 0 Å². The molecule has 2 aromatic rings. The monoisotopic (exact) mass is 426 g/mol. The van der Waals surface area contributed by atoms with Crippen molar-refractivity contribution < 1.29 is 26.3 Å². The quantitative estimate of drug-likeness (QED) is 0.514. The second-order valence-electron chi connectivity index (χ2n) is 6.38. The minimum absolute atomic E-state index is 0.0375. The Labute approximate surface area is 167 Å². The number of sulfone groups is 2. The number of ether oxygens (including phenoxy) is 2. The largest absolute Gasteiger partial charge is 0.385 e. The molecule has 154 valence electrons. The van der Waals surface area contributed by atoms with Crippen LogP contribution in [0.25, 0.3) is 11.1 Å². The van der Waals surface area contributed by atoms with Crippen LogP contribution >= 0.6 is 0 Å². The van der Waals surface area contributed by atoms with Crippen LogP contribution in [0.2, 0.25) is 0 Å². The van der Waals surface area contributed by atoms with Gasteiger partial charge in [-0.3, -0.25) is 0 Å². The molecule has 0 saturated heterocycles. The third-order valence-corrected chi connectivity index (χ3v) is 7.92. The fraction of sp³-hybridized carbons (Fsp3) is 0.400. The van der Waals surface area contributed by atoms with Gasteiger partial charge >= 0.3 is 0 Å². The zero-order valence-electron chi connectivity index (χ0n) is 16.1. The third kappa shape index (κ3) is 6.13. The van der Waals surface area contributed by atoms with Gasteiger partial charge in [-0.2, -0.15) is 0 Å². The van der Waals surface area contributed by atoms with Crippen molar-refractivity contribution in [3.8, 4) is 11.1 Å². The van der Waals surface area contributed by atoms with Crippen LogP contribution in [0.5, 0.6) is 0 Å². The second kappa shape index (κ2) is 10.2. The number of rotatable bonds is 11. The Morgan fingerprint density at radius 1 is 0.607 bits per heavy atom. The van der Waals surface area contributed by atoms with E-state index in [2.05, 4.69) is 0 Å². The van der Waals surface area contributed by atoms with Crippen LogP contribution in [-0.2, 0) is 29.1 Å². The molecule has 2 rings (SSSR count). The van der Waals surface area contributed by atoms with Gasteiger partial charge in [0.25, 0.3) is 0 Å². The van der Waals surface area contributed by atoms with Crippen LogP contribution in [0, 0.1) is 0 Å². The highest BCUT2D eigenvalue weighted by atomic mass is 32.2. The number of benzene rings is 2. The van der Waals surface area contributed by atoms with Crippen molar-refractivity contribution in [3.63, 3.8) is 0 Å². The van der Waals surface area contributed by atoms with E-state index < -0.39 is 19.7 Å². The second-order valence-corrected chi connectivity index (χ2v) is 10.6. The molecular weight excluding hydrogens is 400 g/mol. The molecule has 28 heavy (non-hydrogen) atoms. The fourth-order valence-corrected chi connectivity index (χ4v) is 5.30. The average Bonchev–Trinajstić information content (AvgIpc) is 2.68. The molecule has 0 radical (unpaired) electrons. The molecule has 0 aliphatic heterocycles. The molecule has 2 aromatic carbocycles. The lowest BCUT2D eigenvalue weighted by atomic mass is 10.1. The zero-order valence-corrected chi connectivity index (χ0v) is 17.8. The summed E-state index contributed by atoms with van der Waals surface area (Å²) in [6.07, 6.45) is 0.891. The van der Waals surface area contributed by atoms with E-state index >= 15 is 0 Å². The van der Waals surface area contributed by atoms with Crippen LogP contribution in [0.3, 0.4) is 0 Å². The first-order valence-electron chi connectivity index (χ1n) is 8.94. The summed E-state index contributed by atoms with van der Waals surface area (Å²) in [6, 6.07) is 13.2.